The van der Waals surface area contributed by atoms with Crippen LogP contribution in [0.2, 0.25) is 0 Å². The van der Waals surface area contributed by atoms with Gasteiger partial charge in [-0.05, 0) is 54.9 Å². The van der Waals surface area contributed by atoms with Crippen molar-refractivity contribution in [2.45, 2.75) is 58.1 Å². The molecule has 43 heavy (non-hydrogen) atoms. The van der Waals surface area contributed by atoms with Crippen LogP contribution in [-0.2, 0) is 30.4 Å². The highest BCUT2D eigenvalue weighted by Gasteiger charge is 2.39. The maximum Gasteiger partial charge on any atom is 0.303 e. The standard InChI is InChI=1S/C33H40N2O8/c1-20-30(18-35(4)17-29(39)26-6-5-7-28(38)16-26)42-33(43-31(20)24-10-8-23(19-36)9-11-24)25-12-14-27(15-13-25)34-32(40)21(2)41-22(3)37/h5-16,20-21,29-31,33,36,38-39H,17-19H2,1-4H3,(H,34,40). The summed E-state index contributed by atoms with van der Waals surface area (Å²) in [5.41, 5.74) is 3.67. The molecule has 1 aliphatic rings. The molecule has 6 atom stereocenters. The molecule has 6 unspecified atom stereocenters. The lowest BCUT2D eigenvalue weighted by atomic mass is 9.90. The van der Waals surface area contributed by atoms with E-state index in [9.17, 15) is 24.9 Å². The minimum Gasteiger partial charge on any atom is -0.508 e. The lowest BCUT2D eigenvalue weighted by Crippen LogP contribution is -2.44. The molecule has 0 bridgehead atoms. The van der Waals surface area contributed by atoms with E-state index in [-0.39, 0.29) is 30.5 Å². The minimum atomic E-state index is -0.925. The highest BCUT2D eigenvalue weighted by molar-refractivity contribution is 5.94. The number of amides is 1. The van der Waals surface area contributed by atoms with Crippen molar-refractivity contribution in [1.29, 1.82) is 0 Å². The number of rotatable bonds is 11. The van der Waals surface area contributed by atoms with Crippen LogP contribution in [0.1, 0.15) is 61.5 Å². The van der Waals surface area contributed by atoms with E-state index < -0.39 is 30.4 Å². The molecule has 0 aromatic heterocycles. The zero-order valence-corrected chi connectivity index (χ0v) is 24.8. The second kappa shape index (κ2) is 14.6. The number of hydrogen-bond donors (Lipinski definition) is 4. The number of carbonyl (C=O) groups excluding carboxylic acids is 2. The van der Waals surface area contributed by atoms with E-state index in [0.717, 1.165) is 16.7 Å². The van der Waals surface area contributed by atoms with Gasteiger partial charge in [0.25, 0.3) is 5.91 Å². The van der Waals surface area contributed by atoms with Crippen molar-refractivity contribution in [2.24, 2.45) is 5.92 Å². The average molecular weight is 593 g/mol. The first-order chi connectivity index (χ1) is 20.5. The summed E-state index contributed by atoms with van der Waals surface area (Å²) in [5, 5.41) is 32.8. The Morgan fingerprint density at radius 2 is 1.70 bits per heavy atom. The summed E-state index contributed by atoms with van der Waals surface area (Å²) in [6.07, 6.45) is -3.02. The number of ether oxygens (including phenoxy) is 3. The van der Waals surface area contributed by atoms with Crippen molar-refractivity contribution in [3.63, 3.8) is 0 Å². The van der Waals surface area contributed by atoms with Gasteiger partial charge in [0.2, 0.25) is 0 Å². The minimum absolute atomic E-state index is 0.0510. The van der Waals surface area contributed by atoms with Crippen molar-refractivity contribution in [2.75, 3.05) is 25.5 Å². The molecule has 0 spiro atoms. The van der Waals surface area contributed by atoms with Gasteiger partial charge < -0.3 is 39.7 Å². The van der Waals surface area contributed by atoms with Crippen LogP contribution < -0.4 is 5.32 Å². The first-order valence-corrected chi connectivity index (χ1v) is 14.3. The van der Waals surface area contributed by atoms with E-state index in [0.29, 0.717) is 24.3 Å². The molecule has 1 heterocycles. The second-order valence-corrected chi connectivity index (χ2v) is 11.0. The zero-order chi connectivity index (χ0) is 31.1. The normalized spacial score (nSPS) is 21.7. The topological polar surface area (TPSA) is 138 Å². The summed E-state index contributed by atoms with van der Waals surface area (Å²) in [6, 6.07) is 21.3. The SMILES string of the molecule is CC(=O)OC(C)C(=O)Nc1ccc(C2OC(CN(C)CC(O)c3cccc(O)c3)C(C)C(c3ccc(CO)cc3)O2)cc1. The van der Waals surface area contributed by atoms with E-state index in [1.54, 1.807) is 36.4 Å². The molecular weight excluding hydrogens is 552 g/mol. The van der Waals surface area contributed by atoms with Crippen LogP contribution in [0.25, 0.3) is 0 Å². The Balaban J connectivity index is 1.51. The van der Waals surface area contributed by atoms with Gasteiger partial charge in [0.05, 0.1) is 24.9 Å². The predicted octanol–water partition coefficient (Wildman–Crippen LogP) is 4.23. The number of aromatic hydroxyl groups is 1. The second-order valence-electron chi connectivity index (χ2n) is 11.0. The van der Waals surface area contributed by atoms with Crippen LogP contribution in [0, 0.1) is 5.92 Å². The number of esters is 1. The molecule has 230 valence electrons. The molecule has 3 aromatic carbocycles. The lowest BCUT2D eigenvalue weighted by Gasteiger charge is -2.42. The van der Waals surface area contributed by atoms with E-state index >= 15 is 0 Å². The number of phenolic OH excluding ortho intramolecular Hbond substituents is 1. The summed E-state index contributed by atoms with van der Waals surface area (Å²) in [7, 11) is 1.91. The smallest absolute Gasteiger partial charge is 0.303 e. The van der Waals surface area contributed by atoms with Crippen molar-refractivity contribution < 1.29 is 39.1 Å². The van der Waals surface area contributed by atoms with Gasteiger partial charge in [-0.3, -0.25) is 9.59 Å². The number of carbonyl (C=O) groups is 2. The molecule has 0 radical (unpaired) electrons. The van der Waals surface area contributed by atoms with Crippen LogP contribution in [-0.4, -0.2) is 64.4 Å². The van der Waals surface area contributed by atoms with E-state index in [4.69, 9.17) is 14.2 Å². The average Bonchev–Trinajstić information content (AvgIpc) is 2.98. The Kier molecular flexibility index (Phi) is 10.9. The summed E-state index contributed by atoms with van der Waals surface area (Å²) in [5.74, 6) is -0.932. The number of benzene rings is 3. The molecule has 4 N–H and O–H groups in total. The Bertz CT molecular complexity index is 1360. The van der Waals surface area contributed by atoms with Crippen LogP contribution in [0.5, 0.6) is 5.75 Å². The summed E-state index contributed by atoms with van der Waals surface area (Å²) < 4.78 is 17.9. The molecule has 1 fully saturated rings. The van der Waals surface area contributed by atoms with E-state index in [1.807, 2.05) is 48.3 Å². The molecule has 0 aliphatic carbocycles. The molecule has 1 amide bonds. The highest BCUT2D eigenvalue weighted by atomic mass is 16.7. The van der Waals surface area contributed by atoms with Crippen LogP contribution >= 0.6 is 0 Å². The Morgan fingerprint density at radius 3 is 2.33 bits per heavy atom. The van der Waals surface area contributed by atoms with Gasteiger partial charge in [0.15, 0.2) is 12.4 Å². The van der Waals surface area contributed by atoms with Gasteiger partial charge >= 0.3 is 5.97 Å². The number of aliphatic hydroxyl groups is 2. The van der Waals surface area contributed by atoms with Crippen molar-refractivity contribution >= 4 is 17.6 Å². The molecular formula is C33H40N2O8. The number of nitrogens with zero attached hydrogens (tertiary/aromatic N) is 1. The summed E-state index contributed by atoms with van der Waals surface area (Å²) >= 11 is 0. The quantitative estimate of drug-likeness (QED) is 0.241. The van der Waals surface area contributed by atoms with Crippen LogP contribution in [0.4, 0.5) is 5.69 Å². The number of hydrogen-bond acceptors (Lipinski definition) is 9. The number of aliphatic hydroxyl groups excluding tert-OH is 2. The zero-order valence-electron chi connectivity index (χ0n) is 24.8. The molecule has 4 rings (SSSR count). The van der Waals surface area contributed by atoms with Crippen molar-refractivity contribution in [1.82, 2.24) is 4.90 Å². The molecule has 10 nitrogen and oxygen atoms in total. The molecule has 0 saturated carbocycles. The number of phenols is 1. The number of likely N-dealkylation sites (N-methyl/N-ethyl adjacent to an activating group) is 1. The molecule has 1 aliphatic heterocycles. The third-order valence-electron chi connectivity index (χ3n) is 7.52. The highest BCUT2D eigenvalue weighted by Crippen LogP contribution is 2.42. The summed E-state index contributed by atoms with van der Waals surface area (Å²) in [6.45, 7) is 5.60. The maximum absolute atomic E-state index is 12.4. The van der Waals surface area contributed by atoms with Gasteiger partial charge in [-0.25, -0.2) is 0 Å². The summed E-state index contributed by atoms with van der Waals surface area (Å²) in [4.78, 5) is 25.5. The van der Waals surface area contributed by atoms with Gasteiger partial charge in [-0.2, -0.15) is 0 Å². The van der Waals surface area contributed by atoms with E-state index in [2.05, 4.69) is 12.2 Å². The molecule has 1 saturated heterocycles. The van der Waals surface area contributed by atoms with Gasteiger partial charge in [-0.15, -0.1) is 0 Å². The van der Waals surface area contributed by atoms with Gasteiger partial charge in [-0.1, -0.05) is 55.5 Å². The number of nitrogens with one attached hydrogen (secondary N) is 1. The fourth-order valence-electron chi connectivity index (χ4n) is 5.11. The molecule has 10 heteroatoms. The Labute approximate surface area is 251 Å². The first-order valence-electron chi connectivity index (χ1n) is 14.3. The van der Waals surface area contributed by atoms with Crippen molar-refractivity contribution in [3.8, 4) is 5.75 Å². The lowest BCUT2D eigenvalue weighted by molar-refractivity contribution is -0.276. The van der Waals surface area contributed by atoms with Crippen molar-refractivity contribution in [3.05, 3.63) is 95.1 Å². The third kappa shape index (κ3) is 8.62. The monoisotopic (exact) mass is 592 g/mol. The fraction of sp³-hybridized carbons (Fsp3) is 0.394. The van der Waals surface area contributed by atoms with E-state index in [1.165, 1.54) is 13.8 Å². The number of anilines is 1. The Hall–Kier alpha value is -3.80. The predicted molar refractivity (Wildman–Crippen MR) is 160 cm³/mol. The third-order valence-corrected chi connectivity index (χ3v) is 7.52. The first kappa shape index (κ1) is 32.1. The Morgan fingerprint density at radius 1 is 1.02 bits per heavy atom. The van der Waals surface area contributed by atoms with Gasteiger partial charge in [0.1, 0.15) is 5.75 Å². The van der Waals surface area contributed by atoms with Crippen LogP contribution in [0.15, 0.2) is 72.8 Å². The maximum atomic E-state index is 12.4. The fourth-order valence-corrected chi connectivity index (χ4v) is 5.11. The largest absolute Gasteiger partial charge is 0.508 e. The van der Waals surface area contributed by atoms with Gasteiger partial charge in [0, 0.05) is 37.2 Å². The van der Waals surface area contributed by atoms with Crippen LogP contribution in [0.3, 0.4) is 0 Å². The molecule has 3 aromatic rings.